The van der Waals surface area contributed by atoms with E-state index in [-0.39, 0.29) is 6.10 Å². The average molecular weight is 169 g/mol. The Morgan fingerprint density at radius 1 is 1.58 bits per heavy atom. The maximum Gasteiger partial charge on any atom is 0.100 e. The summed E-state index contributed by atoms with van der Waals surface area (Å²) in [4.78, 5) is 0. The van der Waals surface area contributed by atoms with Crippen LogP contribution in [0.15, 0.2) is 12.3 Å². The van der Waals surface area contributed by atoms with Gasteiger partial charge in [-0.1, -0.05) is 26.2 Å². The van der Waals surface area contributed by atoms with Crippen molar-refractivity contribution in [2.24, 2.45) is 0 Å². The third kappa shape index (κ3) is 2.86. The Morgan fingerprint density at radius 3 is 3.00 bits per heavy atom. The molecule has 0 saturated heterocycles. The number of aliphatic hydroxyl groups is 1. The van der Waals surface area contributed by atoms with Crippen molar-refractivity contribution in [2.75, 3.05) is 6.61 Å². The van der Waals surface area contributed by atoms with E-state index in [1.54, 1.807) is 6.26 Å². The molecule has 69 valence electrons. The van der Waals surface area contributed by atoms with Crippen LogP contribution in [-0.4, -0.2) is 17.8 Å². The molecule has 0 aromatic heterocycles. The van der Waals surface area contributed by atoms with Gasteiger partial charge in [0.25, 0.3) is 0 Å². The molecular formula is C10H17O2. The second-order valence-electron chi connectivity index (χ2n) is 3.20. The van der Waals surface area contributed by atoms with Crippen molar-refractivity contribution in [3.05, 3.63) is 18.3 Å². The number of hydrogen-bond donors (Lipinski definition) is 1. The van der Waals surface area contributed by atoms with E-state index in [4.69, 9.17) is 4.74 Å². The van der Waals surface area contributed by atoms with Crippen molar-refractivity contribution >= 4 is 0 Å². The zero-order valence-corrected chi connectivity index (χ0v) is 7.62. The predicted molar refractivity (Wildman–Crippen MR) is 48.5 cm³/mol. The van der Waals surface area contributed by atoms with E-state index in [0.717, 1.165) is 18.8 Å². The van der Waals surface area contributed by atoms with Crippen LogP contribution in [-0.2, 0) is 4.74 Å². The number of rotatable bonds is 5. The quantitative estimate of drug-likeness (QED) is 0.638. The van der Waals surface area contributed by atoms with Gasteiger partial charge in [-0.05, 0) is 12.5 Å². The van der Waals surface area contributed by atoms with Crippen molar-refractivity contribution in [3.8, 4) is 0 Å². The molecule has 0 amide bonds. The molecule has 2 nitrogen and oxygen atoms in total. The summed E-state index contributed by atoms with van der Waals surface area (Å²) in [5, 5.41) is 9.61. The molecule has 0 saturated carbocycles. The third-order valence-electron chi connectivity index (χ3n) is 2.14. The monoisotopic (exact) mass is 169 g/mol. The average Bonchev–Trinajstić information content (AvgIpc) is 2.56. The fourth-order valence-electron chi connectivity index (χ4n) is 1.31. The fraction of sp³-hybridized carbons (Fsp3) is 0.700. The van der Waals surface area contributed by atoms with Crippen molar-refractivity contribution in [1.82, 2.24) is 0 Å². The smallest absolute Gasteiger partial charge is 0.100 e. The first-order valence-electron chi connectivity index (χ1n) is 4.66. The molecule has 2 heteroatoms. The summed E-state index contributed by atoms with van der Waals surface area (Å²) in [7, 11) is 0. The maximum absolute atomic E-state index is 9.61. The van der Waals surface area contributed by atoms with Crippen LogP contribution in [0.4, 0.5) is 0 Å². The molecule has 1 rings (SSSR count). The van der Waals surface area contributed by atoms with Crippen molar-refractivity contribution < 1.29 is 9.84 Å². The second kappa shape index (κ2) is 5.20. The predicted octanol–water partition coefficient (Wildman–Crippen LogP) is 2.05. The molecule has 1 atom stereocenters. The molecule has 0 bridgehead atoms. The summed E-state index contributed by atoms with van der Waals surface area (Å²) in [6.07, 6.45) is 7.62. The van der Waals surface area contributed by atoms with Crippen molar-refractivity contribution in [2.45, 2.75) is 38.7 Å². The van der Waals surface area contributed by atoms with Crippen LogP contribution in [0, 0.1) is 5.92 Å². The molecule has 0 spiro atoms. The van der Waals surface area contributed by atoms with Gasteiger partial charge in [-0.15, -0.1) is 0 Å². The van der Waals surface area contributed by atoms with Gasteiger partial charge in [0, 0.05) is 0 Å². The van der Waals surface area contributed by atoms with Crippen LogP contribution in [0.1, 0.15) is 32.6 Å². The molecule has 12 heavy (non-hydrogen) atoms. The van der Waals surface area contributed by atoms with E-state index in [0.29, 0.717) is 6.61 Å². The number of ether oxygens (including phenoxy) is 1. The summed E-state index contributed by atoms with van der Waals surface area (Å²) >= 11 is 0. The first-order valence-corrected chi connectivity index (χ1v) is 4.66. The van der Waals surface area contributed by atoms with Crippen molar-refractivity contribution in [3.63, 3.8) is 0 Å². The molecular weight excluding hydrogens is 152 g/mol. The van der Waals surface area contributed by atoms with Gasteiger partial charge in [0.1, 0.15) is 6.61 Å². The minimum absolute atomic E-state index is 0.282. The van der Waals surface area contributed by atoms with Gasteiger partial charge in [0.05, 0.1) is 18.3 Å². The summed E-state index contributed by atoms with van der Waals surface area (Å²) in [5.41, 5.74) is 0. The Labute approximate surface area is 74.2 Å². The van der Waals surface area contributed by atoms with E-state index in [9.17, 15) is 5.11 Å². The third-order valence-corrected chi connectivity index (χ3v) is 2.14. The molecule has 1 unspecified atom stereocenters. The van der Waals surface area contributed by atoms with Gasteiger partial charge in [-0.3, -0.25) is 0 Å². The fourth-order valence-corrected chi connectivity index (χ4v) is 1.31. The lowest BCUT2D eigenvalue weighted by molar-refractivity contribution is 0.158. The molecule has 1 aliphatic rings. The van der Waals surface area contributed by atoms with E-state index in [1.165, 1.54) is 12.8 Å². The van der Waals surface area contributed by atoms with Crippen LogP contribution < -0.4 is 0 Å². The van der Waals surface area contributed by atoms with E-state index in [2.05, 4.69) is 6.92 Å². The minimum atomic E-state index is -0.282. The van der Waals surface area contributed by atoms with E-state index < -0.39 is 0 Å². The molecule has 0 aromatic rings. The van der Waals surface area contributed by atoms with Crippen LogP contribution in [0.5, 0.6) is 0 Å². The van der Waals surface area contributed by atoms with Crippen molar-refractivity contribution in [1.29, 1.82) is 0 Å². The van der Waals surface area contributed by atoms with Gasteiger partial charge >= 0.3 is 0 Å². The van der Waals surface area contributed by atoms with Gasteiger partial charge in [-0.25, -0.2) is 0 Å². The standard InChI is InChI=1S/C10H17O2/c1-2-3-4-5-10(11)9-6-7-12-8-9/h6-7,10-11H,2-5,8H2,1H3. The number of hydrogen-bond acceptors (Lipinski definition) is 2. The molecule has 1 heterocycles. The van der Waals surface area contributed by atoms with Crippen LogP contribution >= 0.6 is 0 Å². The van der Waals surface area contributed by atoms with Crippen LogP contribution in [0.3, 0.4) is 0 Å². The van der Waals surface area contributed by atoms with Gasteiger partial charge < -0.3 is 9.84 Å². The SMILES string of the molecule is CCCCCC(O)[C]1C=COC1. The Hall–Kier alpha value is -0.500. The van der Waals surface area contributed by atoms with Gasteiger partial charge in [0.2, 0.25) is 0 Å². The normalized spacial score (nSPS) is 19.5. The zero-order valence-electron chi connectivity index (χ0n) is 7.62. The Balaban J connectivity index is 2.10. The first kappa shape index (κ1) is 9.59. The zero-order chi connectivity index (χ0) is 8.81. The van der Waals surface area contributed by atoms with Crippen LogP contribution in [0.2, 0.25) is 0 Å². The molecule has 0 aromatic carbocycles. The Kier molecular flexibility index (Phi) is 4.15. The minimum Gasteiger partial charge on any atom is -0.500 e. The molecule has 0 aliphatic carbocycles. The molecule has 1 N–H and O–H groups in total. The molecule has 0 fully saturated rings. The summed E-state index contributed by atoms with van der Waals surface area (Å²) in [6, 6.07) is 0. The topological polar surface area (TPSA) is 29.5 Å². The Morgan fingerprint density at radius 2 is 2.42 bits per heavy atom. The van der Waals surface area contributed by atoms with Crippen LogP contribution in [0.25, 0.3) is 0 Å². The number of unbranched alkanes of at least 4 members (excludes halogenated alkanes) is 2. The lowest BCUT2D eigenvalue weighted by Crippen LogP contribution is -2.17. The van der Waals surface area contributed by atoms with E-state index in [1.807, 2.05) is 6.08 Å². The lowest BCUT2D eigenvalue weighted by Gasteiger charge is -2.13. The highest BCUT2D eigenvalue weighted by Gasteiger charge is 2.20. The van der Waals surface area contributed by atoms with Gasteiger partial charge in [-0.2, -0.15) is 0 Å². The molecule has 1 radical (unpaired) electrons. The Bertz CT molecular complexity index is 143. The van der Waals surface area contributed by atoms with E-state index >= 15 is 0 Å². The highest BCUT2D eigenvalue weighted by atomic mass is 16.5. The first-order chi connectivity index (χ1) is 5.84. The summed E-state index contributed by atoms with van der Waals surface area (Å²) in [5.74, 6) is 1.02. The summed E-state index contributed by atoms with van der Waals surface area (Å²) < 4.78 is 5.01. The van der Waals surface area contributed by atoms with Gasteiger partial charge in [0.15, 0.2) is 0 Å². The lowest BCUT2D eigenvalue weighted by atomic mass is 9.99. The highest BCUT2D eigenvalue weighted by Crippen LogP contribution is 2.19. The maximum atomic E-state index is 9.61. The largest absolute Gasteiger partial charge is 0.500 e. The second-order valence-corrected chi connectivity index (χ2v) is 3.20. The molecule has 1 aliphatic heterocycles. The highest BCUT2D eigenvalue weighted by molar-refractivity contribution is 5.16. The summed E-state index contributed by atoms with van der Waals surface area (Å²) in [6.45, 7) is 2.74. The number of aliphatic hydroxyl groups excluding tert-OH is 1.